The lowest BCUT2D eigenvalue weighted by Gasteiger charge is -2.22. The van der Waals surface area contributed by atoms with Crippen molar-refractivity contribution in [3.05, 3.63) is 196 Å². The number of carbonyl (C=O) groups excluding carboxylic acids is 5. The molecule has 270 valence electrons. The molecule has 7 rings (SSSR count). The van der Waals surface area contributed by atoms with Gasteiger partial charge in [0, 0.05) is 32.8 Å². The van der Waals surface area contributed by atoms with Crippen LogP contribution in [0.2, 0.25) is 0 Å². The first-order valence-corrected chi connectivity index (χ1v) is 18.1. The Hall–Kier alpha value is -7.04. The summed E-state index contributed by atoms with van der Waals surface area (Å²) in [6.07, 6.45) is 1.57. The van der Waals surface area contributed by atoms with Crippen molar-refractivity contribution in [2.45, 2.75) is 10.1 Å². The fourth-order valence-corrected chi connectivity index (χ4v) is 7.22. The Kier molecular flexibility index (Phi) is 10.8. The van der Waals surface area contributed by atoms with Crippen molar-refractivity contribution in [3.8, 4) is 5.75 Å². The molecule has 3 amide bonds. The number of nitrogens with one attached hydrogen (secondary N) is 3. The van der Waals surface area contributed by atoms with Crippen LogP contribution >= 0.6 is 11.8 Å². The van der Waals surface area contributed by atoms with Crippen LogP contribution in [0.5, 0.6) is 5.75 Å². The molecular formula is C45H33N3O6S. The molecule has 6 aromatic rings. The van der Waals surface area contributed by atoms with Crippen LogP contribution in [0.1, 0.15) is 58.6 Å². The number of ketones is 2. The predicted molar refractivity (Wildman–Crippen MR) is 213 cm³/mol. The number of ether oxygens (including phenoxy) is 1. The van der Waals surface area contributed by atoms with Crippen molar-refractivity contribution >= 4 is 58.5 Å². The number of hydrogen-bond donors (Lipinski definition) is 3. The van der Waals surface area contributed by atoms with Gasteiger partial charge in [0.15, 0.2) is 11.6 Å². The van der Waals surface area contributed by atoms with Crippen molar-refractivity contribution in [1.29, 1.82) is 0 Å². The van der Waals surface area contributed by atoms with Crippen LogP contribution in [0.25, 0.3) is 6.08 Å². The molecule has 1 atom stereocenters. The molecule has 0 aromatic heterocycles. The van der Waals surface area contributed by atoms with E-state index in [1.165, 1.54) is 11.8 Å². The highest BCUT2D eigenvalue weighted by molar-refractivity contribution is 8.00. The van der Waals surface area contributed by atoms with Crippen LogP contribution in [0.15, 0.2) is 162 Å². The highest BCUT2D eigenvalue weighted by Gasteiger charge is 2.33. The zero-order chi connectivity index (χ0) is 38.3. The maximum absolute atomic E-state index is 14.2. The van der Waals surface area contributed by atoms with Gasteiger partial charge < -0.3 is 20.7 Å². The van der Waals surface area contributed by atoms with E-state index in [0.717, 1.165) is 0 Å². The van der Waals surface area contributed by atoms with E-state index in [9.17, 15) is 24.0 Å². The van der Waals surface area contributed by atoms with E-state index in [0.29, 0.717) is 38.6 Å². The normalized spacial score (nSPS) is 12.5. The minimum Gasteiger partial charge on any atom is -0.497 e. The Morgan fingerprint density at radius 2 is 1.29 bits per heavy atom. The van der Waals surface area contributed by atoms with Gasteiger partial charge in [-0.05, 0) is 65.7 Å². The van der Waals surface area contributed by atoms with E-state index in [1.54, 1.807) is 128 Å². The van der Waals surface area contributed by atoms with Gasteiger partial charge in [-0.15, -0.1) is 11.8 Å². The van der Waals surface area contributed by atoms with Gasteiger partial charge >= 0.3 is 0 Å². The van der Waals surface area contributed by atoms with E-state index >= 15 is 0 Å². The van der Waals surface area contributed by atoms with Gasteiger partial charge in [0.2, 0.25) is 5.91 Å². The van der Waals surface area contributed by atoms with Gasteiger partial charge in [0.25, 0.3) is 11.8 Å². The molecule has 3 N–H and O–H groups in total. The average Bonchev–Trinajstić information content (AvgIpc) is 3.22. The quantitative estimate of drug-likeness (QED) is 0.0897. The number of hydrogen-bond acceptors (Lipinski definition) is 7. The Morgan fingerprint density at radius 1 is 0.655 bits per heavy atom. The highest BCUT2D eigenvalue weighted by atomic mass is 32.2. The minimum atomic E-state index is -0.791. The maximum atomic E-state index is 14.2. The summed E-state index contributed by atoms with van der Waals surface area (Å²) in [6.45, 7) is 0. The molecule has 0 aliphatic heterocycles. The minimum absolute atomic E-state index is 0.0143. The van der Waals surface area contributed by atoms with Gasteiger partial charge in [-0.2, -0.15) is 0 Å². The first-order valence-electron chi connectivity index (χ1n) is 17.3. The number of methoxy groups -OCH3 is 1. The summed E-state index contributed by atoms with van der Waals surface area (Å²) in [5.41, 5.74) is 3.43. The van der Waals surface area contributed by atoms with E-state index in [-0.39, 0.29) is 39.6 Å². The lowest BCUT2D eigenvalue weighted by atomic mass is 9.83. The van der Waals surface area contributed by atoms with Gasteiger partial charge in [0.05, 0.1) is 18.4 Å². The molecule has 1 aliphatic rings. The molecule has 1 unspecified atom stereocenters. The molecule has 1 aliphatic carbocycles. The third-order valence-electron chi connectivity index (χ3n) is 8.85. The lowest BCUT2D eigenvalue weighted by molar-refractivity contribution is -0.116. The SMILES string of the molecule is COc1ccc(/C=C(/NC(=O)c2ccccc2)C(=O)Nc2cccc(SC(C(=O)Nc3cccc4c3C(=O)c3ccccc3C4=O)c3ccccc3)c2)cc1. The number of thioether (sulfide) groups is 1. The summed E-state index contributed by atoms with van der Waals surface area (Å²) in [6, 6.07) is 43.3. The molecule has 0 heterocycles. The molecule has 0 radical (unpaired) electrons. The van der Waals surface area contributed by atoms with E-state index in [1.807, 2.05) is 36.4 Å². The van der Waals surface area contributed by atoms with Crippen molar-refractivity contribution in [2.24, 2.45) is 0 Å². The fourth-order valence-electron chi connectivity index (χ4n) is 6.14. The molecule has 6 aromatic carbocycles. The van der Waals surface area contributed by atoms with Gasteiger partial charge in [-0.25, -0.2) is 0 Å². The lowest BCUT2D eigenvalue weighted by Crippen LogP contribution is -2.30. The fraction of sp³-hybridized carbons (Fsp3) is 0.0444. The third kappa shape index (κ3) is 8.14. The Labute approximate surface area is 321 Å². The molecule has 0 saturated heterocycles. The Bertz CT molecular complexity index is 2470. The van der Waals surface area contributed by atoms with Crippen LogP contribution in [-0.2, 0) is 9.59 Å². The first-order chi connectivity index (χ1) is 26.8. The number of benzene rings is 6. The van der Waals surface area contributed by atoms with Crippen LogP contribution in [-0.4, -0.2) is 36.4 Å². The van der Waals surface area contributed by atoms with Crippen LogP contribution in [0.3, 0.4) is 0 Å². The smallest absolute Gasteiger partial charge is 0.272 e. The van der Waals surface area contributed by atoms with Gasteiger partial charge in [0.1, 0.15) is 16.7 Å². The standard InChI is InChI=1S/C45H33N3O6S/c1-54-32-24-22-28(23-25-32)26-38(48-43(51)30-14-6-3-7-15-30)44(52)46-31-16-10-17-33(27-31)55-42(29-12-4-2-5-13-29)45(53)47-37-21-11-20-36-39(37)41(50)35-19-9-8-18-34(35)40(36)49/h2-27,42H,1H3,(H,46,52)(H,47,53)(H,48,51)/b38-26+. The van der Waals surface area contributed by atoms with Gasteiger partial charge in [-0.1, -0.05) is 103 Å². The summed E-state index contributed by atoms with van der Waals surface area (Å²) in [7, 11) is 1.56. The number of amides is 3. The van der Waals surface area contributed by atoms with Crippen LogP contribution in [0.4, 0.5) is 11.4 Å². The van der Waals surface area contributed by atoms with E-state index < -0.39 is 23.0 Å². The van der Waals surface area contributed by atoms with Crippen molar-refractivity contribution < 1.29 is 28.7 Å². The maximum Gasteiger partial charge on any atom is 0.272 e. The summed E-state index contributed by atoms with van der Waals surface area (Å²) in [5, 5.41) is 7.78. The molecule has 0 spiro atoms. The second kappa shape index (κ2) is 16.3. The first kappa shape index (κ1) is 36.3. The summed E-state index contributed by atoms with van der Waals surface area (Å²) in [5.74, 6) is -1.40. The third-order valence-corrected chi connectivity index (χ3v) is 10.1. The number of fused-ring (bicyclic) bond motifs is 2. The van der Waals surface area contributed by atoms with Crippen molar-refractivity contribution in [2.75, 3.05) is 17.7 Å². The summed E-state index contributed by atoms with van der Waals surface area (Å²) >= 11 is 1.25. The average molecular weight is 744 g/mol. The number of rotatable bonds is 11. The summed E-state index contributed by atoms with van der Waals surface area (Å²) in [4.78, 5) is 68.7. The molecule has 0 saturated carbocycles. The van der Waals surface area contributed by atoms with Gasteiger partial charge in [-0.3, -0.25) is 24.0 Å². The Morgan fingerprint density at radius 3 is 2.00 bits per heavy atom. The Balaban J connectivity index is 1.14. The second-order valence-corrected chi connectivity index (χ2v) is 13.6. The highest BCUT2D eigenvalue weighted by Crippen LogP contribution is 2.39. The molecular weight excluding hydrogens is 711 g/mol. The van der Waals surface area contributed by atoms with Crippen molar-refractivity contribution in [1.82, 2.24) is 5.32 Å². The molecule has 9 nitrogen and oxygen atoms in total. The molecule has 10 heteroatoms. The second-order valence-electron chi connectivity index (χ2n) is 12.5. The van der Waals surface area contributed by atoms with Crippen molar-refractivity contribution in [3.63, 3.8) is 0 Å². The zero-order valence-corrected chi connectivity index (χ0v) is 30.3. The predicted octanol–water partition coefficient (Wildman–Crippen LogP) is 8.35. The monoisotopic (exact) mass is 743 g/mol. The largest absolute Gasteiger partial charge is 0.497 e. The van der Waals surface area contributed by atoms with E-state index in [4.69, 9.17) is 4.74 Å². The molecule has 0 fully saturated rings. The number of anilines is 2. The van der Waals surface area contributed by atoms with Crippen LogP contribution < -0.4 is 20.7 Å². The zero-order valence-electron chi connectivity index (χ0n) is 29.4. The topological polar surface area (TPSA) is 131 Å². The van der Waals surface area contributed by atoms with Crippen LogP contribution in [0, 0.1) is 0 Å². The molecule has 0 bridgehead atoms. The molecule has 55 heavy (non-hydrogen) atoms. The van der Waals surface area contributed by atoms with E-state index in [2.05, 4.69) is 16.0 Å². The summed E-state index contributed by atoms with van der Waals surface area (Å²) < 4.78 is 5.25. The number of carbonyl (C=O) groups is 5.